The average Bonchev–Trinajstić information content (AvgIpc) is 3.12. The summed E-state index contributed by atoms with van der Waals surface area (Å²) in [4.78, 5) is 14.1. The van der Waals surface area contributed by atoms with E-state index >= 15 is 0 Å². The van der Waals surface area contributed by atoms with Gasteiger partial charge < -0.3 is 10.1 Å². The number of aromatic nitrogens is 3. The third-order valence-electron chi connectivity index (χ3n) is 4.33. The van der Waals surface area contributed by atoms with Gasteiger partial charge >= 0.3 is 0 Å². The Kier molecular flexibility index (Phi) is 4.76. The molecule has 0 bridgehead atoms. The molecule has 0 radical (unpaired) electrons. The fourth-order valence-corrected chi connectivity index (χ4v) is 2.86. The molecule has 0 spiro atoms. The van der Waals surface area contributed by atoms with E-state index in [2.05, 4.69) is 15.5 Å². The summed E-state index contributed by atoms with van der Waals surface area (Å²) in [5.74, 6) is 0.557. The van der Waals surface area contributed by atoms with E-state index < -0.39 is 0 Å². The monoisotopic (exact) mass is 372 g/mol. The predicted octanol–water partition coefficient (Wildman–Crippen LogP) is 4.38. The van der Waals surface area contributed by atoms with Crippen LogP contribution in [0.2, 0.25) is 0 Å². The number of anilines is 1. The van der Waals surface area contributed by atoms with Crippen molar-refractivity contribution in [2.45, 2.75) is 13.8 Å². The summed E-state index contributed by atoms with van der Waals surface area (Å²) >= 11 is 0. The first-order valence-electron chi connectivity index (χ1n) is 9.11. The summed E-state index contributed by atoms with van der Waals surface area (Å²) in [6.45, 7) is 4.55. The smallest absolute Gasteiger partial charge is 0.255 e. The highest BCUT2D eigenvalue weighted by atomic mass is 16.5. The number of hydrogen-bond donors (Lipinski definition) is 1. The van der Waals surface area contributed by atoms with Crippen molar-refractivity contribution >= 4 is 22.6 Å². The Morgan fingerprint density at radius 3 is 2.39 bits per heavy atom. The number of hydrogen-bond acceptors (Lipinski definition) is 4. The lowest BCUT2D eigenvalue weighted by atomic mass is 10.2. The number of benzene rings is 3. The fourth-order valence-electron chi connectivity index (χ4n) is 2.86. The van der Waals surface area contributed by atoms with Crippen molar-refractivity contribution in [2.24, 2.45) is 0 Å². The molecule has 4 aromatic rings. The van der Waals surface area contributed by atoms with Crippen LogP contribution in [-0.4, -0.2) is 27.5 Å². The molecule has 1 N–H and O–H groups in total. The Bertz CT molecular complexity index is 1120. The van der Waals surface area contributed by atoms with Crippen molar-refractivity contribution in [1.82, 2.24) is 15.0 Å². The third kappa shape index (κ3) is 3.71. The summed E-state index contributed by atoms with van der Waals surface area (Å²) in [7, 11) is 0. The summed E-state index contributed by atoms with van der Waals surface area (Å²) in [5, 5.41) is 11.9. The first-order valence-corrected chi connectivity index (χ1v) is 9.11. The Morgan fingerprint density at radius 1 is 0.964 bits per heavy atom. The molecule has 1 heterocycles. The van der Waals surface area contributed by atoms with E-state index in [9.17, 15) is 4.79 Å². The second kappa shape index (κ2) is 7.52. The number of rotatable bonds is 5. The number of carbonyl (C=O) groups excluding carboxylic acids is 1. The quantitative estimate of drug-likeness (QED) is 0.564. The third-order valence-corrected chi connectivity index (χ3v) is 4.33. The molecule has 1 amide bonds. The zero-order valence-corrected chi connectivity index (χ0v) is 15.7. The van der Waals surface area contributed by atoms with Gasteiger partial charge in [0.15, 0.2) is 0 Å². The van der Waals surface area contributed by atoms with Crippen molar-refractivity contribution in [3.05, 3.63) is 77.9 Å². The van der Waals surface area contributed by atoms with Gasteiger partial charge in [0.05, 0.1) is 12.3 Å². The van der Waals surface area contributed by atoms with Gasteiger partial charge in [-0.25, -0.2) is 0 Å². The maximum Gasteiger partial charge on any atom is 0.255 e. The van der Waals surface area contributed by atoms with Crippen LogP contribution in [0.25, 0.3) is 16.7 Å². The average molecular weight is 372 g/mol. The molecule has 28 heavy (non-hydrogen) atoms. The summed E-state index contributed by atoms with van der Waals surface area (Å²) in [6, 6.07) is 20.5. The molecule has 1 aromatic heterocycles. The summed E-state index contributed by atoms with van der Waals surface area (Å²) in [6.07, 6.45) is 0. The highest BCUT2D eigenvalue weighted by molar-refractivity contribution is 6.05. The normalized spacial score (nSPS) is 10.8. The number of fused-ring (bicyclic) bond motifs is 1. The second-order valence-electron chi connectivity index (χ2n) is 6.44. The highest BCUT2D eigenvalue weighted by Gasteiger charge is 2.09. The zero-order valence-electron chi connectivity index (χ0n) is 15.7. The van der Waals surface area contributed by atoms with Crippen LogP contribution in [0.15, 0.2) is 66.7 Å². The molecule has 4 rings (SSSR count). The van der Waals surface area contributed by atoms with E-state index in [0.717, 1.165) is 17.0 Å². The van der Waals surface area contributed by atoms with Crippen molar-refractivity contribution in [3.8, 4) is 11.4 Å². The molecule has 6 heteroatoms. The molecule has 0 saturated carbocycles. The van der Waals surface area contributed by atoms with Gasteiger partial charge in [-0.3, -0.25) is 4.79 Å². The van der Waals surface area contributed by atoms with Gasteiger partial charge in [0, 0.05) is 11.3 Å². The van der Waals surface area contributed by atoms with Gasteiger partial charge in [-0.15, -0.1) is 10.2 Å². The summed E-state index contributed by atoms with van der Waals surface area (Å²) in [5.41, 5.74) is 4.78. The minimum Gasteiger partial charge on any atom is -0.494 e. The number of carbonyl (C=O) groups is 1. The van der Waals surface area contributed by atoms with Crippen LogP contribution in [0.1, 0.15) is 22.8 Å². The van der Waals surface area contributed by atoms with Crippen LogP contribution in [0.3, 0.4) is 0 Å². The van der Waals surface area contributed by atoms with E-state index in [4.69, 9.17) is 4.74 Å². The van der Waals surface area contributed by atoms with Crippen LogP contribution in [0, 0.1) is 6.92 Å². The minimum atomic E-state index is -0.187. The van der Waals surface area contributed by atoms with E-state index in [1.165, 1.54) is 5.56 Å². The molecule has 0 unspecified atom stereocenters. The molecule has 6 nitrogen and oxygen atoms in total. The summed E-state index contributed by atoms with van der Waals surface area (Å²) < 4.78 is 5.40. The lowest BCUT2D eigenvalue weighted by Gasteiger charge is -2.06. The first kappa shape index (κ1) is 17.7. The number of nitrogens with zero attached hydrogens (tertiary/aromatic N) is 3. The van der Waals surface area contributed by atoms with Gasteiger partial charge in [-0.2, -0.15) is 4.80 Å². The topological polar surface area (TPSA) is 69.0 Å². The van der Waals surface area contributed by atoms with Crippen LogP contribution < -0.4 is 10.1 Å². The molecular weight excluding hydrogens is 352 g/mol. The minimum absolute atomic E-state index is 0.187. The Morgan fingerprint density at radius 2 is 1.68 bits per heavy atom. The maximum atomic E-state index is 12.5. The lowest BCUT2D eigenvalue weighted by Crippen LogP contribution is -2.11. The largest absolute Gasteiger partial charge is 0.494 e. The standard InChI is InChI=1S/C22H20N4O2/c1-3-28-19-11-6-16(7-12-19)22(27)23-17-8-13-20-21(14-17)25-26(24-20)18-9-4-15(2)5-10-18/h4-14H,3H2,1-2H3,(H,23,27). The van der Waals surface area contributed by atoms with Crippen molar-refractivity contribution in [3.63, 3.8) is 0 Å². The number of ether oxygens (including phenoxy) is 1. The van der Waals surface area contributed by atoms with Gasteiger partial charge in [0.1, 0.15) is 16.8 Å². The van der Waals surface area contributed by atoms with Gasteiger partial charge in [0.25, 0.3) is 5.91 Å². The van der Waals surface area contributed by atoms with Gasteiger partial charge in [0.2, 0.25) is 0 Å². The van der Waals surface area contributed by atoms with Crippen LogP contribution >= 0.6 is 0 Å². The highest BCUT2D eigenvalue weighted by Crippen LogP contribution is 2.19. The van der Waals surface area contributed by atoms with Gasteiger partial charge in [-0.1, -0.05) is 17.7 Å². The Labute approximate surface area is 162 Å². The number of aryl methyl sites for hydroxylation is 1. The second-order valence-corrected chi connectivity index (χ2v) is 6.44. The van der Waals surface area contributed by atoms with Crippen molar-refractivity contribution in [2.75, 3.05) is 11.9 Å². The number of amides is 1. The van der Waals surface area contributed by atoms with Crippen LogP contribution in [-0.2, 0) is 0 Å². The zero-order chi connectivity index (χ0) is 19.5. The molecule has 0 aliphatic heterocycles. The van der Waals surface area contributed by atoms with E-state index in [1.54, 1.807) is 29.1 Å². The van der Waals surface area contributed by atoms with E-state index in [1.807, 2.05) is 56.3 Å². The molecular formula is C22H20N4O2. The van der Waals surface area contributed by atoms with E-state index in [0.29, 0.717) is 23.4 Å². The Balaban J connectivity index is 1.54. The first-order chi connectivity index (χ1) is 13.6. The van der Waals surface area contributed by atoms with E-state index in [-0.39, 0.29) is 5.91 Å². The molecule has 0 aliphatic rings. The molecule has 0 saturated heterocycles. The molecule has 3 aromatic carbocycles. The van der Waals surface area contributed by atoms with Crippen LogP contribution in [0.4, 0.5) is 5.69 Å². The molecule has 0 atom stereocenters. The van der Waals surface area contributed by atoms with Crippen LogP contribution in [0.5, 0.6) is 5.75 Å². The van der Waals surface area contributed by atoms with Gasteiger partial charge in [-0.05, 0) is 68.4 Å². The van der Waals surface area contributed by atoms with Crippen molar-refractivity contribution < 1.29 is 9.53 Å². The van der Waals surface area contributed by atoms with Crippen molar-refractivity contribution in [1.29, 1.82) is 0 Å². The number of nitrogens with one attached hydrogen (secondary N) is 1. The SMILES string of the molecule is CCOc1ccc(C(=O)Nc2ccc3nn(-c4ccc(C)cc4)nc3c2)cc1. The molecule has 0 fully saturated rings. The predicted molar refractivity (Wildman–Crippen MR) is 109 cm³/mol. The molecule has 0 aliphatic carbocycles. The fraction of sp³-hybridized carbons (Fsp3) is 0.136. The lowest BCUT2D eigenvalue weighted by molar-refractivity contribution is 0.102. The molecule has 140 valence electrons. The Hall–Kier alpha value is -3.67. The maximum absolute atomic E-state index is 12.5.